The predicted molar refractivity (Wildman–Crippen MR) is 66.2 cm³/mol. The number of ether oxygens (including phenoxy) is 1. The molecule has 0 saturated heterocycles. The van der Waals surface area contributed by atoms with Crippen LogP contribution < -0.4 is 4.74 Å². The zero-order valence-electron chi connectivity index (χ0n) is 8.54. The van der Waals surface area contributed by atoms with Gasteiger partial charge in [-0.2, -0.15) is 0 Å². The fourth-order valence-corrected chi connectivity index (χ4v) is 2.18. The van der Waals surface area contributed by atoms with Crippen LogP contribution in [0.4, 0.5) is 0 Å². The second-order valence-electron chi connectivity index (χ2n) is 3.09. The Morgan fingerprint density at radius 3 is 2.88 bits per heavy atom. The van der Waals surface area contributed by atoms with E-state index in [0.717, 1.165) is 16.1 Å². The number of halogens is 2. The Labute approximate surface area is 107 Å². The molecule has 1 aromatic rings. The van der Waals surface area contributed by atoms with Crippen LogP contribution in [-0.2, 0) is 4.79 Å². The van der Waals surface area contributed by atoms with Gasteiger partial charge in [-0.1, -0.05) is 27.5 Å². The molecule has 0 spiro atoms. The van der Waals surface area contributed by atoms with E-state index in [4.69, 9.17) is 21.4 Å². The standard InChI is InChI=1S/C11H10BrClO3/c1-7-5-8(12)6-9(13)11(7)16-4-2-3-10(14)15/h2-3,5-6H,4H2,1H3,(H,14,15). The number of rotatable bonds is 4. The second kappa shape index (κ2) is 5.92. The Morgan fingerprint density at radius 1 is 1.62 bits per heavy atom. The minimum Gasteiger partial charge on any atom is -0.488 e. The summed E-state index contributed by atoms with van der Waals surface area (Å²) in [6.45, 7) is 2.04. The third kappa shape index (κ3) is 3.87. The number of carboxylic acids is 1. The molecule has 0 radical (unpaired) electrons. The van der Waals surface area contributed by atoms with Gasteiger partial charge in [-0.15, -0.1) is 0 Å². The quantitative estimate of drug-likeness (QED) is 0.867. The fourth-order valence-electron chi connectivity index (χ4n) is 1.15. The molecule has 0 aliphatic carbocycles. The molecule has 5 heteroatoms. The molecule has 0 aromatic heterocycles. The van der Waals surface area contributed by atoms with Crippen LogP contribution in [0.2, 0.25) is 5.02 Å². The summed E-state index contributed by atoms with van der Waals surface area (Å²) in [6.07, 6.45) is 2.45. The smallest absolute Gasteiger partial charge is 0.328 e. The van der Waals surface area contributed by atoms with E-state index in [-0.39, 0.29) is 6.61 Å². The number of aryl methyl sites for hydroxylation is 1. The molecular weight excluding hydrogens is 295 g/mol. The van der Waals surface area contributed by atoms with Gasteiger partial charge in [0.2, 0.25) is 0 Å². The molecule has 3 nitrogen and oxygen atoms in total. The monoisotopic (exact) mass is 304 g/mol. The van der Waals surface area contributed by atoms with Crippen molar-refractivity contribution in [2.45, 2.75) is 6.92 Å². The maximum absolute atomic E-state index is 10.2. The number of benzene rings is 1. The van der Waals surface area contributed by atoms with E-state index in [1.54, 1.807) is 6.07 Å². The maximum Gasteiger partial charge on any atom is 0.328 e. The van der Waals surface area contributed by atoms with Crippen LogP contribution in [0.3, 0.4) is 0 Å². The molecule has 0 saturated carbocycles. The summed E-state index contributed by atoms with van der Waals surface area (Å²) in [5.41, 5.74) is 0.892. The van der Waals surface area contributed by atoms with Gasteiger partial charge in [0.05, 0.1) is 5.02 Å². The first kappa shape index (κ1) is 13.1. The molecule has 0 amide bonds. The molecule has 0 unspecified atom stereocenters. The van der Waals surface area contributed by atoms with Crippen molar-refractivity contribution < 1.29 is 14.6 Å². The van der Waals surface area contributed by atoms with Gasteiger partial charge in [0.25, 0.3) is 0 Å². The van der Waals surface area contributed by atoms with Gasteiger partial charge in [0, 0.05) is 10.5 Å². The summed E-state index contributed by atoms with van der Waals surface area (Å²) in [5.74, 6) is -0.429. The third-order valence-corrected chi connectivity index (χ3v) is 2.52. The van der Waals surface area contributed by atoms with Crippen LogP contribution in [0.25, 0.3) is 0 Å². The van der Waals surface area contributed by atoms with Crippen molar-refractivity contribution in [2.24, 2.45) is 0 Å². The topological polar surface area (TPSA) is 46.5 Å². The predicted octanol–water partition coefficient (Wildman–Crippen LogP) is 3.43. The molecule has 0 heterocycles. The SMILES string of the molecule is Cc1cc(Br)cc(Cl)c1OCC=CC(=O)O. The van der Waals surface area contributed by atoms with Crippen LogP contribution >= 0.6 is 27.5 Å². The molecule has 16 heavy (non-hydrogen) atoms. The zero-order valence-corrected chi connectivity index (χ0v) is 10.9. The van der Waals surface area contributed by atoms with Crippen molar-refractivity contribution in [3.05, 3.63) is 39.3 Å². The lowest BCUT2D eigenvalue weighted by Crippen LogP contribution is -1.98. The van der Waals surface area contributed by atoms with E-state index in [2.05, 4.69) is 15.9 Å². The molecule has 1 N–H and O–H groups in total. The van der Waals surface area contributed by atoms with Crippen molar-refractivity contribution in [1.29, 1.82) is 0 Å². The summed E-state index contributed by atoms with van der Waals surface area (Å²) < 4.78 is 6.25. The third-order valence-electron chi connectivity index (χ3n) is 1.78. The van der Waals surface area contributed by atoms with Crippen LogP contribution in [-0.4, -0.2) is 17.7 Å². The molecule has 0 bridgehead atoms. The average Bonchev–Trinajstić information content (AvgIpc) is 2.14. The Kier molecular flexibility index (Phi) is 4.83. The lowest BCUT2D eigenvalue weighted by molar-refractivity contribution is -0.131. The van der Waals surface area contributed by atoms with Crippen LogP contribution in [0.5, 0.6) is 5.75 Å². The van der Waals surface area contributed by atoms with E-state index < -0.39 is 5.97 Å². The molecule has 1 rings (SSSR count). The molecule has 0 atom stereocenters. The van der Waals surface area contributed by atoms with Crippen molar-refractivity contribution in [1.82, 2.24) is 0 Å². The summed E-state index contributed by atoms with van der Waals surface area (Å²) >= 11 is 9.30. The van der Waals surface area contributed by atoms with Gasteiger partial charge < -0.3 is 9.84 Å². The number of hydrogen-bond acceptors (Lipinski definition) is 2. The summed E-state index contributed by atoms with van der Waals surface area (Å²) in [6, 6.07) is 3.60. The number of carbonyl (C=O) groups is 1. The van der Waals surface area contributed by atoms with Crippen LogP contribution in [0.15, 0.2) is 28.8 Å². The lowest BCUT2D eigenvalue weighted by atomic mass is 10.2. The van der Waals surface area contributed by atoms with Gasteiger partial charge >= 0.3 is 5.97 Å². The molecule has 1 aromatic carbocycles. The Morgan fingerprint density at radius 2 is 2.31 bits per heavy atom. The largest absolute Gasteiger partial charge is 0.488 e. The normalized spacial score (nSPS) is 10.7. The lowest BCUT2D eigenvalue weighted by Gasteiger charge is -2.09. The van der Waals surface area contributed by atoms with E-state index in [0.29, 0.717) is 10.8 Å². The number of aliphatic carboxylic acids is 1. The fraction of sp³-hybridized carbons (Fsp3) is 0.182. The Balaban J connectivity index is 2.71. The summed E-state index contributed by atoms with van der Waals surface area (Å²) in [5, 5.41) is 8.88. The second-order valence-corrected chi connectivity index (χ2v) is 4.41. The molecule has 0 fully saturated rings. The van der Waals surface area contributed by atoms with Crippen molar-refractivity contribution in [3.8, 4) is 5.75 Å². The first-order chi connectivity index (χ1) is 7.50. The van der Waals surface area contributed by atoms with Crippen LogP contribution in [0, 0.1) is 6.92 Å². The van der Waals surface area contributed by atoms with E-state index >= 15 is 0 Å². The molecular formula is C11H10BrClO3. The number of hydrogen-bond donors (Lipinski definition) is 1. The highest BCUT2D eigenvalue weighted by molar-refractivity contribution is 9.10. The van der Waals surface area contributed by atoms with Gasteiger partial charge in [-0.3, -0.25) is 0 Å². The highest BCUT2D eigenvalue weighted by Crippen LogP contribution is 2.31. The van der Waals surface area contributed by atoms with Gasteiger partial charge in [-0.25, -0.2) is 4.79 Å². The Hall–Kier alpha value is -1.00. The van der Waals surface area contributed by atoms with E-state index in [1.165, 1.54) is 6.08 Å². The first-order valence-corrected chi connectivity index (χ1v) is 5.65. The molecule has 86 valence electrons. The van der Waals surface area contributed by atoms with Crippen molar-refractivity contribution in [3.63, 3.8) is 0 Å². The van der Waals surface area contributed by atoms with Crippen molar-refractivity contribution >= 4 is 33.5 Å². The van der Waals surface area contributed by atoms with E-state index in [9.17, 15) is 4.79 Å². The molecule has 0 aliphatic heterocycles. The highest BCUT2D eigenvalue weighted by atomic mass is 79.9. The average molecular weight is 306 g/mol. The minimum atomic E-state index is -0.998. The van der Waals surface area contributed by atoms with Gasteiger partial charge in [-0.05, 0) is 30.7 Å². The number of carboxylic acid groups (broad SMARTS) is 1. The summed E-state index contributed by atoms with van der Waals surface area (Å²) in [4.78, 5) is 10.2. The first-order valence-electron chi connectivity index (χ1n) is 4.48. The van der Waals surface area contributed by atoms with E-state index in [1.807, 2.05) is 13.0 Å². The van der Waals surface area contributed by atoms with Crippen molar-refractivity contribution in [2.75, 3.05) is 6.61 Å². The Bertz CT molecular complexity index is 406. The molecule has 0 aliphatic rings. The highest BCUT2D eigenvalue weighted by Gasteiger charge is 2.06. The summed E-state index contributed by atoms with van der Waals surface area (Å²) in [7, 11) is 0. The minimum absolute atomic E-state index is 0.175. The zero-order chi connectivity index (χ0) is 12.1. The van der Waals surface area contributed by atoms with Crippen LogP contribution in [0.1, 0.15) is 5.56 Å². The van der Waals surface area contributed by atoms with Gasteiger partial charge in [0.15, 0.2) is 0 Å². The van der Waals surface area contributed by atoms with Gasteiger partial charge in [0.1, 0.15) is 12.4 Å². The maximum atomic E-state index is 10.2.